The molecule has 2 atom stereocenters. The van der Waals surface area contributed by atoms with Crippen LogP contribution in [0.15, 0.2) is 96.0 Å². The summed E-state index contributed by atoms with van der Waals surface area (Å²) in [5.41, 5.74) is 5.43. The SMILES string of the molecule is O=S(=O)(O)c1ccc2c3nc4nc(nc5[nH]c(nc6nc(nc([nH]3)c2c1)C1C=CC=CC=61)C1C=CC=CC=51)-c1ccccc1-4. The van der Waals surface area contributed by atoms with Gasteiger partial charge in [0.05, 0.1) is 16.7 Å². The van der Waals surface area contributed by atoms with Crippen molar-refractivity contribution in [3.05, 3.63) is 114 Å². The standard InChI is InChI=1S/C32H20N8O3S/c41-44(42,43)16-13-14-23-24(15-16)32-39-30-22-12-6-5-11-21(22)28(37-30)35-26-18-8-2-1-7-17(18)25(33-26)34-27-19-9-3-4-10-20(19)29(36-27)38-31(23)40-32/h1-15,18,22H,(H,33,35)(H,41,42,43)(H,34,36,37,38,39,40). The highest BCUT2D eigenvalue weighted by Gasteiger charge is 2.27. The number of nitrogens with zero attached hydrogens (tertiary/aromatic N) is 6. The highest BCUT2D eigenvalue weighted by atomic mass is 32.2. The molecule has 0 amide bonds. The zero-order chi connectivity index (χ0) is 29.6. The van der Waals surface area contributed by atoms with Gasteiger partial charge in [0.25, 0.3) is 10.1 Å². The third-order valence-electron chi connectivity index (χ3n) is 8.17. The first-order chi connectivity index (χ1) is 21.4. The normalized spacial score (nSPS) is 18.8. The largest absolute Gasteiger partial charge is 0.327 e. The molecule has 3 aliphatic heterocycles. The van der Waals surface area contributed by atoms with E-state index in [0.717, 1.165) is 22.3 Å². The van der Waals surface area contributed by atoms with E-state index in [0.29, 0.717) is 56.3 Å². The molecule has 12 heteroatoms. The summed E-state index contributed by atoms with van der Waals surface area (Å²) in [5.74, 6) is 1.71. The van der Waals surface area contributed by atoms with Gasteiger partial charge in [0.1, 0.15) is 28.4 Å². The van der Waals surface area contributed by atoms with Crippen LogP contribution in [-0.2, 0) is 10.1 Å². The van der Waals surface area contributed by atoms with Gasteiger partial charge in [-0.2, -0.15) is 8.42 Å². The maximum Gasteiger partial charge on any atom is 0.294 e. The average molecular weight is 597 g/mol. The molecule has 2 unspecified atom stereocenters. The van der Waals surface area contributed by atoms with Crippen molar-refractivity contribution < 1.29 is 13.0 Å². The lowest BCUT2D eigenvalue weighted by Gasteiger charge is -2.09. The maximum atomic E-state index is 12.1. The first kappa shape index (κ1) is 25.0. The summed E-state index contributed by atoms with van der Waals surface area (Å²) in [7, 11) is -4.47. The van der Waals surface area contributed by atoms with Crippen LogP contribution in [0, 0.1) is 0 Å². The highest BCUT2D eigenvalue weighted by Crippen LogP contribution is 2.35. The van der Waals surface area contributed by atoms with Crippen molar-refractivity contribution in [2.45, 2.75) is 16.7 Å². The highest BCUT2D eigenvalue weighted by molar-refractivity contribution is 7.85. The lowest BCUT2D eigenvalue weighted by atomic mass is 9.95. The van der Waals surface area contributed by atoms with Gasteiger partial charge in [0.2, 0.25) is 0 Å². The van der Waals surface area contributed by atoms with Crippen molar-refractivity contribution >= 4 is 43.3 Å². The summed E-state index contributed by atoms with van der Waals surface area (Å²) >= 11 is 0. The van der Waals surface area contributed by atoms with Gasteiger partial charge in [-0.3, -0.25) is 4.55 Å². The molecule has 11 nitrogen and oxygen atoms in total. The lowest BCUT2D eigenvalue weighted by molar-refractivity contribution is 0.483. The Balaban J connectivity index is 1.47. The Labute approximate surface area is 249 Å². The molecule has 5 aliphatic rings. The van der Waals surface area contributed by atoms with Gasteiger partial charge < -0.3 is 9.97 Å². The summed E-state index contributed by atoms with van der Waals surface area (Å²) in [5, 5.41) is 1.06. The van der Waals surface area contributed by atoms with Gasteiger partial charge in [-0.25, -0.2) is 29.9 Å². The van der Waals surface area contributed by atoms with Gasteiger partial charge in [-0.15, -0.1) is 0 Å². The van der Waals surface area contributed by atoms with Gasteiger partial charge in [-0.1, -0.05) is 72.9 Å². The van der Waals surface area contributed by atoms with Crippen molar-refractivity contribution in [3.8, 4) is 22.8 Å². The Morgan fingerprint density at radius 3 is 2.20 bits per heavy atom. The number of aromatic amines is 2. The summed E-state index contributed by atoms with van der Waals surface area (Å²) < 4.78 is 34.0. The molecular weight excluding hydrogens is 576 g/mol. The minimum absolute atomic E-state index is 0.140. The number of allylic oxidation sites excluding steroid dienone is 8. The van der Waals surface area contributed by atoms with Gasteiger partial charge >= 0.3 is 0 Å². The Morgan fingerprint density at radius 2 is 1.41 bits per heavy atom. The third kappa shape index (κ3) is 3.75. The Kier molecular flexibility index (Phi) is 5.08. The summed E-state index contributed by atoms with van der Waals surface area (Å²) in [4.78, 5) is 36.0. The molecule has 212 valence electrons. The molecule has 0 fully saturated rings. The van der Waals surface area contributed by atoms with Gasteiger partial charge in [-0.05, 0) is 18.2 Å². The van der Waals surface area contributed by atoms with Crippen molar-refractivity contribution in [2.75, 3.05) is 0 Å². The predicted octanol–water partition coefficient (Wildman–Crippen LogP) is 3.47. The molecule has 0 saturated heterocycles. The van der Waals surface area contributed by atoms with Crippen LogP contribution >= 0.6 is 0 Å². The molecule has 2 aromatic carbocycles. The summed E-state index contributed by atoms with van der Waals surface area (Å²) in [6.45, 7) is 0. The summed E-state index contributed by atoms with van der Waals surface area (Å²) in [6.07, 6.45) is 15.9. The van der Waals surface area contributed by atoms with Crippen molar-refractivity contribution in [2.24, 2.45) is 0 Å². The number of hydrogen-bond acceptors (Lipinski definition) is 8. The predicted molar refractivity (Wildman–Crippen MR) is 163 cm³/mol. The minimum atomic E-state index is -4.47. The summed E-state index contributed by atoms with van der Waals surface area (Å²) in [6, 6.07) is 12.0. The number of H-pyrrole nitrogens is 2. The second-order valence-corrected chi connectivity index (χ2v) is 12.2. The molecule has 2 aliphatic carbocycles. The van der Waals surface area contributed by atoms with Crippen molar-refractivity contribution in [3.63, 3.8) is 0 Å². The van der Waals surface area contributed by atoms with E-state index in [-0.39, 0.29) is 16.7 Å². The molecular formula is C32H20N8O3S. The number of benzene rings is 2. The van der Waals surface area contributed by atoms with Crippen LogP contribution in [-0.4, -0.2) is 52.8 Å². The quantitative estimate of drug-likeness (QED) is 0.246. The third-order valence-corrected chi connectivity index (χ3v) is 9.02. The zero-order valence-electron chi connectivity index (χ0n) is 22.7. The average Bonchev–Trinajstić information content (AvgIpc) is 3.76. The van der Waals surface area contributed by atoms with Crippen molar-refractivity contribution in [1.29, 1.82) is 0 Å². The van der Waals surface area contributed by atoms with E-state index in [1.807, 2.05) is 66.8 Å². The fraction of sp³-hybridized carbons (Fsp3) is 0.0625. The van der Waals surface area contributed by atoms with Crippen LogP contribution in [0.4, 0.5) is 0 Å². The van der Waals surface area contributed by atoms with Crippen LogP contribution < -0.4 is 11.0 Å². The maximum absolute atomic E-state index is 12.1. The number of nitrogens with one attached hydrogen (secondary N) is 2. The van der Waals surface area contributed by atoms with E-state index in [1.165, 1.54) is 12.1 Å². The molecule has 9 rings (SSSR count). The van der Waals surface area contributed by atoms with Gasteiger partial charge in [0.15, 0.2) is 17.1 Å². The molecule has 0 spiro atoms. The van der Waals surface area contributed by atoms with Crippen LogP contribution in [0.3, 0.4) is 0 Å². The topological polar surface area (TPSA) is 163 Å². The van der Waals surface area contributed by atoms with E-state index in [1.54, 1.807) is 6.07 Å². The fourth-order valence-corrected chi connectivity index (χ4v) is 6.60. The first-order valence-corrected chi connectivity index (χ1v) is 15.3. The molecule has 2 aromatic heterocycles. The van der Waals surface area contributed by atoms with E-state index in [4.69, 9.17) is 29.9 Å². The fourth-order valence-electron chi connectivity index (χ4n) is 6.09. The second-order valence-electron chi connectivity index (χ2n) is 10.8. The first-order valence-electron chi connectivity index (χ1n) is 13.9. The van der Waals surface area contributed by atoms with Gasteiger partial charge in [0, 0.05) is 33.0 Å². The molecule has 0 radical (unpaired) electrons. The molecule has 3 N–H and O–H groups in total. The monoisotopic (exact) mass is 596 g/mol. The smallest absolute Gasteiger partial charge is 0.294 e. The number of rotatable bonds is 1. The van der Waals surface area contributed by atoms with Crippen LogP contribution in [0.1, 0.15) is 23.5 Å². The van der Waals surface area contributed by atoms with E-state index < -0.39 is 10.1 Å². The number of hydrogen-bond donors (Lipinski definition) is 3. The van der Waals surface area contributed by atoms with Crippen LogP contribution in [0.2, 0.25) is 0 Å². The van der Waals surface area contributed by atoms with Crippen molar-refractivity contribution in [1.82, 2.24) is 39.9 Å². The Hall–Kier alpha value is -5.59. The second kappa shape index (κ2) is 8.96. The van der Waals surface area contributed by atoms with E-state index in [9.17, 15) is 13.0 Å². The molecule has 8 bridgehead atoms. The molecule has 0 saturated carbocycles. The molecule has 4 aromatic rings. The van der Waals surface area contributed by atoms with Crippen LogP contribution in [0.25, 0.3) is 56.0 Å². The number of aromatic nitrogens is 8. The van der Waals surface area contributed by atoms with E-state index >= 15 is 0 Å². The molecule has 44 heavy (non-hydrogen) atoms. The van der Waals surface area contributed by atoms with Crippen LogP contribution in [0.5, 0.6) is 0 Å². The molecule has 5 heterocycles. The Morgan fingerprint density at radius 1 is 0.682 bits per heavy atom. The van der Waals surface area contributed by atoms with E-state index in [2.05, 4.69) is 16.0 Å². The lowest BCUT2D eigenvalue weighted by Crippen LogP contribution is -2.14. The minimum Gasteiger partial charge on any atom is -0.327 e. The number of fused-ring (bicyclic) bond motifs is 18. The zero-order valence-corrected chi connectivity index (χ0v) is 23.5. The Bertz CT molecular complexity index is 2560.